The summed E-state index contributed by atoms with van der Waals surface area (Å²) in [5.41, 5.74) is 1.73. The van der Waals surface area contributed by atoms with E-state index in [4.69, 9.17) is 0 Å². The summed E-state index contributed by atoms with van der Waals surface area (Å²) in [6, 6.07) is 6.96. The van der Waals surface area contributed by atoms with Gasteiger partial charge in [-0.3, -0.25) is 4.99 Å². The van der Waals surface area contributed by atoms with Crippen LogP contribution in [0.25, 0.3) is 0 Å². The van der Waals surface area contributed by atoms with Crippen molar-refractivity contribution in [2.75, 3.05) is 38.1 Å². The highest BCUT2D eigenvalue weighted by Gasteiger charge is 2.21. The molecule has 5 nitrogen and oxygen atoms in total. The second-order valence-corrected chi connectivity index (χ2v) is 6.86. The van der Waals surface area contributed by atoms with Gasteiger partial charge in [-0.15, -0.1) is 11.3 Å². The van der Waals surface area contributed by atoms with E-state index in [0.29, 0.717) is 12.2 Å². The predicted molar refractivity (Wildman–Crippen MR) is 102 cm³/mol. The fourth-order valence-corrected chi connectivity index (χ4v) is 3.71. The Bertz CT molecular complexity index is 722. The molecule has 2 heterocycles. The highest BCUT2D eigenvalue weighted by Crippen LogP contribution is 2.20. The zero-order valence-corrected chi connectivity index (χ0v) is 15.5. The minimum Gasteiger partial charge on any atom is -0.366 e. The Balaban J connectivity index is 1.54. The van der Waals surface area contributed by atoms with E-state index >= 15 is 0 Å². The Labute approximate surface area is 152 Å². The van der Waals surface area contributed by atoms with E-state index < -0.39 is 0 Å². The number of hydrogen-bond acceptors (Lipinski definition) is 4. The van der Waals surface area contributed by atoms with Crippen LogP contribution in [0.5, 0.6) is 0 Å². The monoisotopic (exact) mass is 361 g/mol. The van der Waals surface area contributed by atoms with Crippen LogP contribution in [-0.4, -0.2) is 49.1 Å². The number of nitrogens with zero attached hydrogens (tertiary/aromatic N) is 4. The Morgan fingerprint density at radius 1 is 1.28 bits per heavy atom. The first-order valence-corrected chi connectivity index (χ1v) is 9.47. The van der Waals surface area contributed by atoms with Crippen LogP contribution in [0.4, 0.5) is 10.1 Å². The van der Waals surface area contributed by atoms with E-state index in [0.717, 1.165) is 49.3 Å². The molecule has 0 spiro atoms. The van der Waals surface area contributed by atoms with E-state index in [2.05, 4.69) is 37.4 Å². The molecule has 1 aromatic heterocycles. The number of hydrogen-bond donors (Lipinski definition) is 1. The van der Waals surface area contributed by atoms with Crippen molar-refractivity contribution in [1.82, 2.24) is 15.2 Å². The van der Waals surface area contributed by atoms with E-state index in [9.17, 15) is 4.39 Å². The summed E-state index contributed by atoms with van der Waals surface area (Å²) < 4.78 is 13.9. The third kappa shape index (κ3) is 4.28. The van der Waals surface area contributed by atoms with Crippen molar-refractivity contribution in [3.05, 3.63) is 46.2 Å². The van der Waals surface area contributed by atoms with Crippen LogP contribution in [0.15, 0.2) is 34.6 Å². The molecule has 0 aliphatic carbocycles. The summed E-state index contributed by atoms with van der Waals surface area (Å²) in [6.07, 6.45) is 0.970. The van der Waals surface area contributed by atoms with Crippen molar-refractivity contribution in [3.63, 3.8) is 0 Å². The smallest absolute Gasteiger partial charge is 0.194 e. The average molecular weight is 361 g/mol. The summed E-state index contributed by atoms with van der Waals surface area (Å²) in [5.74, 6) is 0.716. The number of guanidine groups is 1. The molecule has 0 radical (unpaired) electrons. The topological polar surface area (TPSA) is 43.8 Å². The Hall–Kier alpha value is -2.15. The Kier molecular flexibility index (Phi) is 5.86. The lowest BCUT2D eigenvalue weighted by atomic mass is 10.2. The molecule has 1 aromatic carbocycles. The first kappa shape index (κ1) is 17.7. The first-order chi connectivity index (χ1) is 12.2. The summed E-state index contributed by atoms with van der Waals surface area (Å²) in [7, 11) is 1.80. The standard InChI is InChI=1S/C18H24FN5S/c1-3-17-22-14(13-25-17)12-21-18(20-2)24-10-8-23(9-11-24)16-7-5-4-6-15(16)19/h4-7,13H,3,8-12H2,1-2H3,(H,20,21). The van der Waals surface area contributed by atoms with Gasteiger partial charge in [-0.1, -0.05) is 19.1 Å². The van der Waals surface area contributed by atoms with E-state index in [1.807, 2.05) is 12.1 Å². The van der Waals surface area contributed by atoms with Gasteiger partial charge in [-0.05, 0) is 18.6 Å². The van der Waals surface area contributed by atoms with Gasteiger partial charge in [0.1, 0.15) is 5.82 Å². The fourth-order valence-electron chi connectivity index (χ4n) is 2.96. The van der Waals surface area contributed by atoms with E-state index in [1.165, 1.54) is 6.07 Å². The molecule has 0 saturated carbocycles. The summed E-state index contributed by atoms with van der Waals surface area (Å²) in [5, 5.41) is 6.64. The Morgan fingerprint density at radius 2 is 2.04 bits per heavy atom. The number of para-hydroxylation sites is 1. The number of rotatable bonds is 4. The van der Waals surface area contributed by atoms with Crippen LogP contribution in [0.1, 0.15) is 17.6 Å². The maximum absolute atomic E-state index is 13.9. The van der Waals surface area contributed by atoms with E-state index in [-0.39, 0.29) is 5.82 Å². The summed E-state index contributed by atoms with van der Waals surface area (Å²) in [4.78, 5) is 13.3. The van der Waals surface area contributed by atoms with Gasteiger partial charge in [0.05, 0.1) is 22.9 Å². The molecule has 1 saturated heterocycles. The molecule has 1 N–H and O–H groups in total. The highest BCUT2D eigenvalue weighted by atomic mass is 32.1. The molecule has 1 fully saturated rings. The number of benzene rings is 1. The molecule has 25 heavy (non-hydrogen) atoms. The van der Waals surface area contributed by atoms with Gasteiger partial charge in [0.2, 0.25) is 0 Å². The lowest BCUT2D eigenvalue weighted by Crippen LogP contribution is -2.52. The quantitative estimate of drug-likeness (QED) is 0.672. The largest absolute Gasteiger partial charge is 0.366 e. The number of aryl methyl sites for hydroxylation is 1. The van der Waals surface area contributed by atoms with Gasteiger partial charge in [0, 0.05) is 38.6 Å². The SMILES string of the molecule is CCc1nc(CNC(=NC)N2CCN(c3ccccc3F)CC2)cs1. The van der Waals surface area contributed by atoms with Gasteiger partial charge in [0.25, 0.3) is 0 Å². The third-order valence-corrected chi connectivity index (χ3v) is 5.36. The molecular weight excluding hydrogens is 337 g/mol. The van der Waals surface area contributed by atoms with Gasteiger partial charge in [-0.25, -0.2) is 9.37 Å². The van der Waals surface area contributed by atoms with Crippen LogP contribution in [-0.2, 0) is 13.0 Å². The molecule has 2 aromatic rings. The van der Waals surface area contributed by atoms with Crippen molar-refractivity contribution in [3.8, 4) is 0 Å². The second-order valence-electron chi connectivity index (χ2n) is 5.91. The third-order valence-electron chi connectivity index (χ3n) is 4.31. The molecule has 0 unspecified atom stereocenters. The maximum Gasteiger partial charge on any atom is 0.194 e. The molecule has 1 aliphatic rings. The van der Waals surface area contributed by atoms with Gasteiger partial charge in [0.15, 0.2) is 5.96 Å². The molecule has 0 atom stereocenters. The first-order valence-electron chi connectivity index (χ1n) is 8.59. The average Bonchev–Trinajstić information content (AvgIpc) is 3.11. The molecule has 0 bridgehead atoms. The summed E-state index contributed by atoms with van der Waals surface area (Å²) in [6.45, 7) is 5.97. The number of thiazole rings is 1. The van der Waals surface area contributed by atoms with Gasteiger partial charge >= 0.3 is 0 Å². The van der Waals surface area contributed by atoms with Crippen molar-refractivity contribution >= 4 is 23.0 Å². The van der Waals surface area contributed by atoms with Crippen molar-refractivity contribution in [2.45, 2.75) is 19.9 Å². The van der Waals surface area contributed by atoms with Crippen LogP contribution in [0, 0.1) is 5.82 Å². The molecular formula is C18H24FN5S. The Morgan fingerprint density at radius 3 is 2.68 bits per heavy atom. The zero-order valence-electron chi connectivity index (χ0n) is 14.7. The number of aromatic nitrogens is 1. The molecule has 0 amide bonds. The van der Waals surface area contributed by atoms with Crippen molar-refractivity contribution in [1.29, 1.82) is 0 Å². The molecule has 134 valence electrons. The van der Waals surface area contributed by atoms with Crippen LogP contribution in [0.3, 0.4) is 0 Å². The van der Waals surface area contributed by atoms with Crippen LogP contribution in [0.2, 0.25) is 0 Å². The number of aliphatic imine (C=N–C) groups is 1. The number of anilines is 1. The second kappa shape index (κ2) is 8.29. The molecule has 7 heteroatoms. The minimum atomic E-state index is -0.159. The van der Waals surface area contributed by atoms with E-state index in [1.54, 1.807) is 24.5 Å². The van der Waals surface area contributed by atoms with Crippen LogP contribution >= 0.6 is 11.3 Å². The minimum absolute atomic E-state index is 0.159. The lowest BCUT2D eigenvalue weighted by molar-refractivity contribution is 0.370. The lowest BCUT2D eigenvalue weighted by Gasteiger charge is -2.37. The number of nitrogens with one attached hydrogen (secondary N) is 1. The van der Waals surface area contributed by atoms with Crippen molar-refractivity contribution in [2.24, 2.45) is 4.99 Å². The van der Waals surface area contributed by atoms with Gasteiger partial charge in [-0.2, -0.15) is 0 Å². The predicted octanol–water partition coefficient (Wildman–Crippen LogP) is 2.74. The number of halogens is 1. The fraction of sp³-hybridized carbons (Fsp3) is 0.444. The van der Waals surface area contributed by atoms with Crippen molar-refractivity contribution < 1.29 is 4.39 Å². The molecule has 1 aliphatic heterocycles. The van der Waals surface area contributed by atoms with Gasteiger partial charge < -0.3 is 15.1 Å². The summed E-state index contributed by atoms with van der Waals surface area (Å²) >= 11 is 1.70. The number of piperazine rings is 1. The molecule has 3 rings (SSSR count). The normalized spacial score (nSPS) is 15.6. The maximum atomic E-state index is 13.9. The van der Waals surface area contributed by atoms with Crippen LogP contribution < -0.4 is 10.2 Å². The zero-order chi connectivity index (χ0) is 17.6. The highest BCUT2D eigenvalue weighted by molar-refractivity contribution is 7.09.